The average Bonchev–Trinajstić information content (AvgIpc) is 2.84. The fraction of sp³-hybridized carbons (Fsp3) is 1.00. The normalized spacial score (nSPS) is 42.6. The molecule has 1 heterocycles. The van der Waals surface area contributed by atoms with Crippen LogP contribution in [0.2, 0.25) is 0 Å². The maximum Gasteiger partial charge on any atom is 0.0139 e. The highest BCUT2D eigenvalue weighted by Gasteiger charge is 2.45. The van der Waals surface area contributed by atoms with Crippen LogP contribution in [0.3, 0.4) is 0 Å². The van der Waals surface area contributed by atoms with Crippen LogP contribution in [0.1, 0.15) is 45.4 Å². The summed E-state index contributed by atoms with van der Waals surface area (Å²) in [6.07, 6.45) is 8.75. The van der Waals surface area contributed by atoms with E-state index < -0.39 is 0 Å². The number of hydrogen-bond acceptors (Lipinski definition) is 2. The van der Waals surface area contributed by atoms with Gasteiger partial charge in [-0.15, -0.1) is 0 Å². The highest BCUT2D eigenvalue weighted by atomic mass is 15.2. The fourth-order valence-electron chi connectivity index (χ4n) is 4.06. The second kappa shape index (κ2) is 4.66. The van der Waals surface area contributed by atoms with Crippen molar-refractivity contribution in [1.29, 1.82) is 0 Å². The lowest BCUT2D eigenvalue weighted by atomic mass is 9.77. The first-order valence-corrected chi connectivity index (χ1v) is 7.35. The molecule has 0 radical (unpaired) electrons. The van der Waals surface area contributed by atoms with E-state index in [1.807, 2.05) is 0 Å². The average molecular weight is 222 g/mol. The van der Waals surface area contributed by atoms with Gasteiger partial charge in [-0.2, -0.15) is 0 Å². The molecule has 0 aromatic rings. The summed E-state index contributed by atoms with van der Waals surface area (Å²) in [5, 5.41) is 3.61. The number of hydrogen-bond donors (Lipinski definition) is 1. The molecule has 2 bridgehead atoms. The molecule has 0 aromatic heterocycles. The van der Waals surface area contributed by atoms with Gasteiger partial charge in [-0.05, 0) is 63.5 Å². The van der Waals surface area contributed by atoms with Crippen molar-refractivity contribution in [2.45, 2.75) is 57.5 Å². The zero-order chi connectivity index (χ0) is 11.0. The Labute approximate surface area is 99.8 Å². The van der Waals surface area contributed by atoms with E-state index in [0.29, 0.717) is 0 Å². The van der Waals surface area contributed by atoms with Crippen LogP contribution in [0.4, 0.5) is 0 Å². The van der Waals surface area contributed by atoms with Gasteiger partial charge in [0.2, 0.25) is 0 Å². The summed E-state index contributed by atoms with van der Waals surface area (Å²) < 4.78 is 0. The smallest absolute Gasteiger partial charge is 0.0139 e. The highest BCUT2D eigenvalue weighted by Crippen LogP contribution is 2.44. The minimum absolute atomic E-state index is 0.944. The van der Waals surface area contributed by atoms with E-state index in [0.717, 1.165) is 23.9 Å². The van der Waals surface area contributed by atoms with Crippen LogP contribution in [0, 0.1) is 11.8 Å². The number of piperidine rings is 1. The summed E-state index contributed by atoms with van der Waals surface area (Å²) in [6.45, 7) is 6.16. The van der Waals surface area contributed by atoms with E-state index in [9.17, 15) is 0 Å². The monoisotopic (exact) mass is 222 g/mol. The van der Waals surface area contributed by atoms with Crippen LogP contribution in [-0.4, -0.2) is 36.6 Å². The first-order valence-electron chi connectivity index (χ1n) is 7.35. The third-order valence-electron chi connectivity index (χ3n) is 5.09. The van der Waals surface area contributed by atoms with E-state index in [1.165, 1.54) is 58.2 Å². The SMILES string of the molecule is CCCNCC1CCC1N1CC2CCC1C2. The molecule has 2 nitrogen and oxygen atoms in total. The van der Waals surface area contributed by atoms with Gasteiger partial charge in [0.25, 0.3) is 0 Å². The van der Waals surface area contributed by atoms with Crippen LogP contribution in [0.25, 0.3) is 0 Å². The molecule has 0 spiro atoms. The molecular weight excluding hydrogens is 196 g/mol. The largest absolute Gasteiger partial charge is 0.316 e. The third-order valence-corrected chi connectivity index (χ3v) is 5.09. The Morgan fingerprint density at radius 3 is 2.69 bits per heavy atom. The van der Waals surface area contributed by atoms with Gasteiger partial charge in [0, 0.05) is 18.6 Å². The molecule has 2 heteroatoms. The molecule has 0 amide bonds. The fourth-order valence-corrected chi connectivity index (χ4v) is 4.06. The Balaban J connectivity index is 1.48. The number of likely N-dealkylation sites (tertiary alicyclic amines) is 1. The second-order valence-electron chi connectivity index (χ2n) is 6.14. The van der Waals surface area contributed by atoms with Crippen LogP contribution in [-0.2, 0) is 0 Å². The van der Waals surface area contributed by atoms with Gasteiger partial charge in [-0.25, -0.2) is 0 Å². The van der Waals surface area contributed by atoms with Gasteiger partial charge in [-0.1, -0.05) is 6.92 Å². The summed E-state index contributed by atoms with van der Waals surface area (Å²) in [5.41, 5.74) is 0. The van der Waals surface area contributed by atoms with Gasteiger partial charge in [0.15, 0.2) is 0 Å². The molecule has 92 valence electrons. The number of nitrogens with one attached hydrogen (secondary N) is 1. The van der Waals surface area contributed by atoms with E-state index in [2.05, 4.69) is 17.1 Å². The summed E-state index contributed by atoms with van der Waals surface area (Å²) in [4.78, 5) is 2.87. The second-order valence-corrected chi connectivity index (χ2v) is 6.14. The maximum absolute atomic E-state index is 3.61. The van der Waals surface area contributed by atoms with Gasteiger partial charge in [0.1, 0.15) is 0 Å². The lowest BCUT2D eigenvalue weighted by molar-refractivity contribution is 0.0378. The van der Waals surface area contributed by atoms with Crippen molar-refractivity contribution in [3.63, 3.8) is 0 Å². The summed E-state index contributed by atoms with van der Waals surface area (Å²) >= 11 is 0. The first kappa shape index (κ1) is 11.0. The van der Waals surface area contributed by atoms with Crippen LogP contribution >= 0.6 is 0 Å². The van der Waals surface area contributed by atoms with E-state index in [4.69, 9.17) is 0 Å². The van der Waals surface area contributed by atoms with Gasteiger partial charge >= 0.3 is 0 Å². The molecule has 3 rings (SSSR count). The highest BCUT2D eigenvalue weighted by molar-refractivity contribution is 5.00. The molecule has 4 atom stereocenters. The Morgan fingerprint density at radius 2 is 2.12 bits per heavy atom. The molecular formula is C14H26N2. The van der Waals surface area contributed by atoms with Crippen molar-refractivity contribution in [1.82, 2.24) is 10.2 Å². The number of fused-ring (bicyclic) bond motifs is 2. The molecule has 3 fully saturated rings. The van der Waals surface area contributed by atoms with Crippen LogP contribution < -0.4 is 5.32 Å². The number of nitrogens with zero attached hydrogens (tertiary/aromatic N) is 1. The Kier molecular flexibility index (Phi) is 3.21. The topological polar surface area (TPSA) is 15.3 Å². The minimum Gasteiger partial charge on any atom is -0.316 e. The third kappa shape index (κ3) is 1.91. The Hall–Kier alpha value is -0.0800. The van der Waals surface area contributed by atoms with Crippen molar-refractivity contribution < 1.29 is 0 Å². The van der Waals surface area contributed by atoms with Gasteiger partial charge < -0.3 is 5.32 Å². The molecule has 16 heavy (non-hydrogen) atoms. The molecule has 1 N–H and O–H groups in total. The molecule has 1 saturated heterocycles. The zero-order valence-corrected chi connectivity index (χ0v) is 10.6. The number of rotatable bonds is 5. The Morgan fingerprint density at radius 1 is 1.19 bits per heavy atom. The zero-order valence-electron chi connectivity index (χ0n) is 10.6. The van der Waals surface area contributed by atoms with Crippen molar-refractivity contribution >= 4 is 0 Å². The summed E-state index contributed by atoms with van der Waals surface area (Å²) in [5.74, 6) is 2.03. The van der Waals surface area contributed by atoms with Crippen molar-refractivity contribution in [3.8, 4) is 0 Å². The van der Waals surface area contributed by atoms with Crippen molar-refractivity contribution in [2.24, 2.45) is 11.8 Å². The predicted molar refractivity (Wildman–Crippen MR) is 67.5 cm³/mol. The van der Waals surface area contributed by atoms with Crippen molar-refractivity contribution in [3.05, 3.63) is 0 Å². The maximum atomic E-state index is 3.61. The van der Waals surface area contributed by atoms with E-state index in [-0.39, 0.29) is 0 Å². The van der Waals surface area contributed by atoms with Gasteiger partial charge in [-0.3, -0.25) is 4.90 Å². The lowest BCUT2D eigenvalue weighted by Gasteiger charge is -2.46. The van der Waals surface area contributed by atoms with E-state index in [1.54, 1.807) is 0 Å². The van der Waals surface area contributed by atoms with Crippen LogP contribution in [0.15, 0.2) is 0 Å². The molecule has 4 unspecified atom stereocenters. The Bertz CT molecular complexity index is 241. The molecule has 3 aliphatic rings. The first-order chi connectivity index (χ1) is 7.88. The molecule has 0 aromatic carbocycles. The van der Waals surface area contributed by atoms with E-state index >= 15 is 0 Å². The quantitative estimate of drug-likeness (QED) is 0.718. The van der Waals surface area contributed by atoms with Crippen molar-refractivity contribution in [2.75, 3.05) is 19.6 Å². The lowest BCUT2D eigenvalue weighted by Crippen LogP contribution is -2.53. The molecule has 1 aliphatic heterocycles. The molecule has 2 aliphatic carbocycles. The summed E-state index contributed by atoms with van der Waals surface area (Å²) in [6, 6.07) is 1.92. The minimum atomic E-state index is 0.944. The van der Waals surface area contributed by atoms with Gasteiger partial charge in [0.05, 0.1) is 0 Å². The van der Waals surface area contributed by atoms with Crippen LogP contribution in [0.5, 0.6) is 0 Å². The summed E-state index contributed by atoms with van der Waals surface area (Å²) in [7, 11) is 0. The standard InChI is InChI=1S/C14H26N2/c1-2-7-15-9-12-4-6-14(12)16-10-11-3-5-13(16)8-11/h11-15H,2-10H2,1H3. The molecule has 2 saturated carbocycles. The predicted octanol–water partition coefficient (Wildman–Crippen LogP) is 2.25.